The van der Waals surface area contributed by atoms with Gasteiger partial charge >= 0.3 is 11.9 Å². The highest BCUT2D eigenvalue weighted by Crippen LogP contribution is 2.54. The van der Waals surface area contributed by atoms with E-state index in [0.29, 0.717) is 81.1 Å². The van der Waals surface area contributed by atoms with E-state index in [1.54, 1.807) is 6.92 Å². The first-order valence-electron chi connectivity index (χ1n) is 23.9. The number of carbonyl (C=O) groups excluding carboxylic acids is 2. The Labute approximate surface area is 373 Å². The second kappa shape index (κ2) is 18.3. The topological polar surface area (TPSA) is 178 Å². The van der Waals surface area contributed by atoms with E-state index >= 15 is 0 Å². The van der Waals surface area contributed by atoms with Gasteiger partial charge in [0.2, 0.25) is 0 Å². The van der Waals surface area contributed by atoms with E-state index in [1.807, 2.05) is 31.2 Å². The summed E-state index contributed by atoms with van der Waals surface area (Å²) in [6.45, 7) is 19.3. The van der Waals surface area contributed by atoms with Crippen LogP contribution in [0.4, 0.5) is 0 Å². The third-order valence-corrected chi connectivity index (χ3v) is 15.5. The van der Waals surface area contributed by atoms with E-state index in [1.165, 1.54) is 6.92 Å². The van der Waals surface area contributed by atoms with Gasteiger partial charge in [-0.15, -0.1) is 0 Å². The van der Waals surface area contributed by atoms with Crippen molar-refractivity contribution in [2.75, 3.05) is 6.54 Å². The minimum absolute atomic E-state index is 0.0444. The third-order valence-electron chi connectivity index (χ3n) is 15.5. The summed E-state index contributed by atoms with van der Waals surface area (Å²) >= 11 is 0. The lowest BCUT2D eigenvalue weighted by Crippen LogP contribution is -2.59. The number of hydrogen-bond acceptors (Lipinski definition) is 13. The number of ketones is 1. The van der Waals surface area contributed by atoms with Crippen molar-refractivity contribution in [2.24, 2.45) is 35.5 Å². The number of aliphatic hydroxyl groups excluding tert-OH is 1. The zero-order valence-electron chi connectivity index (χ0n) is 38.5. The van der Waals surface area contributed by atoms with E-state index in [9.17, 15) is 19.5 Å². The molecule has 8 rings (SSSR count). The molecule has 0 aromatic carbocycles. The van der Waals surface area contributed by atoms with Gasteiger partial charge in [-0.1, -0.05) is 66.3 Å². The van der Waals surface area contributed by atoms with Gasteiger partial charge in [0.05, 0.1) is 36.6 Å². The molecule has 2 bridgehead atoms. The Morgan fingerprint density at radius 1 is 0.921 bits per heavy atom. The van der Waals surface area contributed by atoms with E-state index in [2.05, 4.69) is 39.6 Å². The lowest BCUT2D eigenvalue weighted by molar-refractivity contribution is -0.364. The maximum absolute atomic E-state index is 14.0. The summed E-state index contributed by atoms with van der Waals surface area (Å²) in [6.07, 6.45) is 11.0. The van der Waals surface area contributed by atoms with Crippen LogP contribution in [0, 0.1) is 35.5 Å². The number of carboxylic acids is 1. The van der Waals surface area contributed by atoms with Crippen LogP contribution in [0.2, 0.25) is 0 Å². The van der Waals surface area contributed by atoms with E-state index in [0.717, 1.165) is 25.8 Å². The van der Waals surface area contributed by atoms with Crippen LogP contribution < -0.4 is 5.32 Å². The Kier molecular flexibility index (Phi) is 13.6. The number of aliphatic carboxylic acids is 1. The molecule has 0 aromatic heterocycles. The number of hydrogen-bond donors (Lipinski definition) is 3. The molecule has 0 aromatic rings. The van der Waals surface area contributed by atoms with Gasteiger partial charge in [-0.25, -0.2) is 0 Å². The Morgan fingerprint density at radius 2 is 1.70 bits per heavy atom. The first-order valence-corrected chi connectivity index (χ1v) is 23.9. The average molecular weight is 884 g/mol. The van der Waals surface area contributed by atoms with Crippen molar-refractivity contribution in [3.8, 4) is 0 Å². The first kappa shape index (κ1) is 47.0. The summed E-state index contributed by atoms with van der Waals surface area (Å²) in [7, 11) is 0. The number of carbonyl (C=O) groups is 3. The largest absolute Gasteiger partial charge is 0.481 e. The van der Waals surface area contributed by atoms with E-state index < -0.39 is 59.3 Å². The van der Waals surface area contributed by atoms with Crippen molar-refractivity contribution in [1.29, 1.82) is 0 Å². The predicted molar refractivity (Wildman–Crippen MR) is 230 cm³/mol. The van der Waals surface area contributed by atoms with Gasteiger partial charge in [0.1, 0.15) is 24.0 Å². The van der Waals surface area contributed by atoms with Gasteiger partial charge in [-0.05, 0) is 73.8 Å². The zero-order chi connectivity index (χ0) is 45.1. The molecule has 3 spiro atoms. The molecule has 0 amide bonds. The van der Waals surface area contributed by atoms with Crippen molar-refractivity contribution < 1.29 is 62.5 Å². The van der Waals surface area contributed by atoms with Crippen LogP contribution in [0.25, 0.3) is 0 Å². The predicted octanol–water partition coefficient (Wildman–Crippen LogP) is 6.67. The molecular weight excluding hydrogens is 811 g/mol. The molecule has 8 heterocycles. The SMILES string of the molecule is C=C(C[C@@]12C[C@@H](C)C[C@@H](O1)[C@H]1O[C@]3(C[C@H]1O2)NC[C@H](C)C[C@@H]3C)[C@@H](OC(C)=O)[C@@H](C)C[C@@H](C)C(=O)[C@@H](O)[C@H]1C[C@@H]2O[C@]3(CC[C@]4(C=CC[C@@H](/C=C/CCC(=O)O)O4)O3)[C@@H](C)C[C@@H]2O1. The second-order valence-corrected chi connectivity index (χ2v) is 21.0. The summed E-state index contributed by atoms with van der Waals surface area (Å²) in [5.41, 5.74) is 0.236. The fraction of sp³-hybridized carbons (Fsp3) is 0.816. The van der Waals surface area contributed by atoms with Crippen molar-refractivity contribution >= 4 is 17.7 Å². The molecule has 0 radical (unpaired) electrons. The number of carboxylic acid groups (broad SMARTS) is 1. The molecule has 7 fully saturated rings. The standard InChI is InChI=1S/C49H73NO13/c1-27-19-39-45-40(25-48(62-45)32(6)18-28(2)26-50-48)60-47(23-27,59-39)24-31(5)44(56-34(8)51)30(4)20-29(3)42(54)43(55)38-22-37-36(57-38)21-33(7)49(61-37)17-16-46(63-49)15-11-13-35(58-46)12-9-10-14-41(52)53/h9,11-12,15,27-30,32-33,35-40,43-45,50,55H,5,10,13-14,16-26H2,1-4,6-8H3,(H,52,53)/b12-9+/t27-,28+,29+,30-,32-,33-,35+,36-,37-,38+,39+,40+,43-,44-,45+,46-,47-,48-,49-/m0/s1. The maximum Gasteiger partial charge on any atom is 0.303 e. The number of fused-ring (bicyclic) bond motifs is 5. The lowest BCUT2D eigenvalue weighted by Gasteiger charge is -2.52. The second-order valence-electron chi connectivity index (χ2n) is 21.0. The van der Waals surface area contributed by atoms with Crippen LogP contribution in [0.5, 0.6) is 0 Å². The fourth-order valence-electron chi connectivity index (χ4n) is 12.5. The van der Waals surface area contributed by atoms with Gasteiger partial charge in [0.25, 0.3) is 0 Å². The number of piperidine rings is 1. The molecule has 352 valence electrons. The minimum Gasteiger partial charge on any atom is -0.481 e. The van der Waals surface area contributed by atoms with Gasteiger partial charge in [-0.3, -0.25) is 19.7 Å². The van der Waals surface area contributed by atoms with Gasteiger partial charge in [0.15, 0.2) is 23.1 Å². The first-order chi connectivity index (χ1) is 29.8. The van der Waals surface area contributed by atoms with Crippen LogP contribution >= 0.6 is 0 Å². The van der Waals surface area contributed by atoms with Crippen molar-refractivity contribution in [3.05, 3.63) is 36.5 Å². The Morgan fingerprint density at radius 3 is 2.44 bits per heavy atom. The highest BCUT2D eigenvalue weighted by molar-refractivity contribution is 5.85. The molecule has 14 nitrogen and oxygen atoms in total. The smallest absolute Gasteiger partial charge is 0.303 e. The molecule has 3 N–H and O–H groups in total. The highest BCUT2D eigenvalue weighted by atomic mass is 16.8. The van der Waals surface area contributed by atoms with Crippen molar-refractivity contribution in [2.45, 2.75) is 210 Å². The lowest BCUT2D eigenvalue weighted by atomic mass is 9.79. The number of esters is 1. The number of Topliss-reactive ketones (excluding diaryl/α,β-unsaturated/α-hetero) is 1. The van der Waals surface area contributed by atoms with Crippen LogP contribution in [-0.4, -0.2) is 113 Å². The zero-order valence-corrected chi connectivity index (χ0v) is 38.5. The minimum atomic E-state index is -1.37. The molecule has 8 aliphatic rings. The number of rotatable bonds is 14. The average Bonchev–Trinajstić information content (AvgIpc) is 3.90. The van der Waals surface area contributed by atoms with Gasteiger partial charge in [0, 0.05) is 70.3 Å². The van der Waals surface area contributed by atoms with E-state index in [4.69, 9.17) is 43.0 Å². The monoisotopic (exact) mass is 884 g/mol. The number of ether oxygens (including phenoxy) is 8. The Hall–Kier alpha value is -2.53. The molecule has 0 unspecified atom stereocenters. The Balaban J connectivity index is 0.867. The van der Waals surface area contributed by atoms with Crippen LogP contribution in [0.3, 0.4) is 0 Å². The number of allylic oxidation sites excluding steroid dienone is 1. The summed E-state index contributed by atoms with van der Waals surface area (Å²) in [5.74, 6) is -4.08. The quantitative estimate of drug-likeness (QED) is 0.125. The normalized spacial score (nSPS) is 44.9. The van der Waals surface area contributed by atoms with E-state index in [-0.39, 0.29) is 60.7 Å². The van der Waals surface area contributed by atoms with Gasteiger partial charge in [-0.2, -0.15) is 0 Å². The van der Waals surface area contributed by atoms with Crippen LogP contribution in [-0.2, 0) is 52.3 Å². The van der Waals surface area contributed by atoms with Crippen LogP contribution in [0.15, 0.2) is 36.5 Å². The summed E-state index contributed by atoms with van der Waals surface area (Å²) in [5, 5.41) is 24.3. The summed E-state index contributed by atoms with van der Waals surface area (Å²) in [4.78, 5) is 37.5. The maximum atomic E-state index is 14.0. The molecule has 14 heteroatoms. The van der Waals surface area contributed by atoms with Crippen LogP contribution in [0.1, 0.15) is 132 Å². The molecule has 8 aliphatic heterocycles. The number of nitrogens with one attached hydrogen (secondary N) is 1. The molecular formula is C49H73NO13. The molecule has 0 aliphatic carbocycles. The summed E-state index contributed by atoms with van der Waals surface area (Å²) in [6, 6.07) is 0. The molecule has 63 heavy (non-hydrogen) atoms. The molecule has 7 saturated heterocycles. The number of aliphatic hydroxyl groups is 1. The van der Waals surface area contributed by atoms with Crippen molar-refractivity contribution in [1.82, 2.24) is 5.32 Å². The fourth-order valence-corrected chi connectivity index (χ4v) is 12.5. The van der Waals surface area contributed by atoms with Crippen molar-refractivity contribution in [3.63, 3.8) is 0 Å². The summed E-state index contributed by atoms with van der Waals surface area (Å²) < 4.78 is 52.9. The van der Waals surface area contributed by atoms with Gasteiger partial charge < -0.3 is 48.1 Å². The molecule has 19 atom stereocenters. The third kappa shape index (κ3) is 9.68. The Bertz CT molecular complexity index is 1790. The highest BCUT2D eigenvalue weighted by Gasteiger charge is 2.63. The molecule has 0 saturated carbocycles.